The summed E-state index contributed by atoms with van der Waals surface area (Å²) in [4.78, 5) is 65.0. The van der Waals surface area contributed by atoms with E-state index in [9.17, 15) is 48.2 Å². The van der Waals surface area contributed by atoms with E-state index in [4.69, 9.17) is 9.63 Å². The number of ether oxygens (including phenoxy) is 1. The smallest absolute Gasteiger partial charge is 0.756 e. The summed E-state index contributed by atoms with van der Waals surface area (Å²) in [5, 5.41) is 21.8. The van der Waals surface area contributed by atoms with Gasteiger partial charge in [-0.15, -0.1) is 0 Å². The molecule has 7 unspecified atom stereocenters. The van der Waals surface area contributed by atoms with E-state index in [1.54, 1.807) is 0 Å². The molecule has 2 rings (SSSR count). The first kappa shape index (κ1) is 36.4. The summed E-state index contributed by atoms with van der Waals surface area (Å²) < 4.78 is 48.7. The van der Waals surface area contributed by atoms with Crippen molar-refractivity contribution in [2.24, 2.45) is 0 Å². The Morgan fingerprint density at radius 3 is 2.09 bits per heavy atom. The Bertz CT molecular complexity index is 812. The van der Waals surface area contributed by atoms with Crippen LogP contribution < -0.4 is 109 Å². The maximum atomic E-state index is 11.8. The van der Waals surface area contributed by atoms with Crippen LogP contribution in [0, 0.1) is 0 Å². The number of phosphoric acid groups is 3. The van der Waals surface area contributed by atoms with Crippen molar-refractivity contribution in [2.75, 3.05) is 13.2 Å². The summed E-state index contributed by atoms with van der Waals surface area (Å²) in [5.74, 6) is -0.585. The van der Waals surface area contributed by atoms with E-state index >= 15 is 0 Å². The second kappa shape index (κ2) is 14.2. The minimum absolute atomic E-state index is 0. The van der Waals surface area contributed by atoms with Crippen molar-refractivity contribution in [3.63, 3.8) is 0 Å². The van der Waals surface area contributed by atoms with Gasteiger partial charge in [-0.25, -0.2) is 13.4 Å². The third-order valence-electron chi connectivity index (χ3n) is 3.53. The quantitative estimate of drug-likeness (QED) is 0.161. The molecule has 0 spiro atoms. The van der Waals surface area contributed by atoms with Gasteiger partial charge in [0, 0.05) is 13.0 Å². The van der Waals surface area contributed by atoms with Crippen LogP contribution in [0.1, 0.15) is 6.42 Å². The Hall–Kier alpha value is 2.23. The number of hydrogen-bond acceptors (Lipinski definition) is 14. The van der Waals surface area contributed by atoms with Gasteiger partial charge in [0.05, 0.1) is 6.61 Å². The van der Waals surface area contributed by atoms with E-state index in [0.717, 1.165) is 4.90 Å². The number of nitrogens with one attached hydrogen (secondary N) is 1. The summed E-state index contributed by atoms with van der Waals surface area (Å²) in [6.07, 6.45) is -6.79. The van der Waals surface area contributed by atoms with Gasteiger partial charge in [-0.05, 0) is 0 Å². The van der Waals surface area contributed by atoms with Crippen LogP contribution in [-0.4, -0.2) is 69.6 Å². The predicted molar refractivity (Wildman–Crippen MR) is 78.7 cm³/mol. The molecular weight excluding hydrogens is 538 g/mol. The third kappa shape index (κ3) is 11.1. The van der Waals surface area contributed by atoms with Crippen molar-refractivity contribution in [1.82, 2.24) is 10.2 Å². The van der Waals surface area contributed by atoms with E-state index in [-0.39, 0.29) is 102 Å². The SMILES string of the molecule is O=C1CCN(C2OC(COP(=O)([O-])OP(=O)([O-])OP(=O)([O-])O)C(O)C2O)C(=O)N1.[Na+].[Na+].[Na+]. The molecule has 2 aliphatic heterocycles. The Morgan fingerprint density at radius 1 is 1.03 bits per heavy atom. The van der Waals surface area contributed by atoms with Gasteiger partial charge in [-0.1, -0.05) is 0 Å². The fourth-order valence-corrected chi connectivity index (χ4v) is 5.29. The summed E-state index contributed by atoms with van der Waals surface area (Å²) in [5.41, 5.74) is 0. The van der Waals surface area contributed by atoms with E-state index in [2.05, 4.69) is 13.1 Å². The number of carbonyl (C=O) groups excluding carboxylic acids is 2. The average Bonchev–Trinajstić information content (AvgIpc) is 2.78. The molecule has 0 aliphatic carbocycles. The fourth-order valence-electron chi connectivity index (χ4n) is 2.40. The molecule has 0 radical (unpaired) electrons. The van der Waals surface area contributed by atoms with Crippen LogP contribution in [0.3, 0.4) is 0 Å². The number of hydrogen-bond donors (Lipinski definition) is 4. The Balaban J connectivity index is 0. The number of phosphoric ester groups is 1. The van der Waals surface area contributed by atoms with Gasteiger partial charge in [0.1, 0.15) is 18.3 Å². The number of urea groups is 1. The molecule has 2 heterocycles. The minimum atomic E-state index is -6.09. The molecular formula is C9H14N2Na3O15P3. The van der Waals surface area contributed by atoms with Gasteiger partial charge in [0.2, 0.25) is 5.91 Å². The normalized spacial score (nSPS) is 31.0. The molecule has 23 heteroatoms. The van der Waals surface area contributed by atoms with E-state index in [1.807, 2.05) is 5.32 Å². The Morgan fingerprint density at radius 2 is 1.59 bits per heavy atom. The second-order valence-corrected chi connectivity index (χ2v) is 9.96. The number of imide groups is 1. The predicted octanol–water partition coefficient (Wildman–Crippen LogP) is -13.2. The van der Waals surface area contributed by atoms with Gasteiger partial charge < -0.3 is 39.0 Å². The molecule has 0 saturated carbocycles. The van der Waals surface area contributed by atoms with Crippen molar-refractivity contribution < 1.29 is 160 Å². The van der Waals surface area contributed by atoms with Gasteiger partial charge >= 0.3 is 94.7 Å². The van der Waals surface area contributed by atoms with Crippen molar-refractivity contribution in [3.8, 4) is 0 Å². The topological polar surface area (TPSA) is 267 Å². The van der Waals surface area contributed by atoms with Crippen LogP contribution >= 0.6 is 23.5 Å². The van der Waals surface area contributed by atoms with Gasteiger partial charge in [-0.3, -0.25) is 28.7 Å². The number of nitrogens with zero attached hydrogens (tertiary/aromatic N) is 1. The van der Waals surface area contributed by atoms with Crippen LogP contribution in [0.4, 0.5) is 4.79 Å². The van der Waals surface area contributed by atoms with E-state index < -0.39 is 66.6 Å². The van der Waals surface area contributed by atoms with Crippen molar-refractivity contribution >= 4 is 35.4 Å². The number of rotatable bonds is 8. The zero-order valence-corrected chi connectivity index (χ0v) is 25.6. The summed E-state index contributed by atoms with van der Waals surface area (Å²) in [6, 6.07) is -0.938. The number of aliphatic hydroxyl groups excluding tert-OH is 2. The largest absolute Gasteiger partial charge is 1.00 e. The monoisotopic (exact) mass is 552 g/mol. The van der Waals surface area contributed by atoms with Gasteiger partial charge in [0.15, 0.2) is 6.23 Å². The maximum Gasteiger partial charge on any atom is 1.00 e. The molecule has 0 bridgehead atoms. The molecule has 7 atom stereocenters. The molecule has 168 valence electrons. The summed E-state index contributed by atoms with van der Waals surface area (Å²) in [6.45, 7) is -1.30. The molecule has 4 N–H and O–H groups in total. The average molecular weight is 552 g/mol. The molecule has 0 aromatic carbocycles. The number of aliphatic hydroxyl groups is 2. The standard InChI is InChI=1S/C9H17N2O15P3.3Na/c12-5-1-2-11(9(15)10-5)8-7(14)6(13)4(24-8)3-23-28(19,20)26-29(21,22)25-27(16,17)18;;;/h4,6-8,13-14H,1-3H2,(H,19,20)(H,21,22)(H,10,12,15)(H2,16,17,18);;;/q;3*+1/p-3. The van der Waals surface area contributed by atoms with E-state index in [1.165, 1.54) is 0 Å². The molecule has 32 heavy (non-hydrogen) atoms. The van der Waals surface area contributed by atoms with Crippen LogP contribution in [0.2, 0.25) is 0 Å². The zero-order chi connectivity index (χ0) is 22.2. The van der Waals surface area contributed by atoms with Crippen LogP contribution in [-0.2, 0) is 36.4 Å². The van der Waals surface area contributed by atoms with Crippen molar-refractivity contribution in [2.45, 2.75) is 31.0 Å². The fraction of sp³-hybridized carbons (Fsp3) is 0.778. The van der Waals surface area contributed by atoms with Crippen LogP contribution in [0.15, 0.2) is 0 Å². The Labute approximate surface area is 246 Å². The molecule has 3 amide bonds. The molecule has 0 aromatic heterocycles. The van der Waals surface area contributed by atoms with Crippen molar-refractivity contribution in [3.05, 3.63) is 0 Å². The number of carbonyl (C=O) groups is 2. The first-order chi connectivity index (χ1) is 13.1. The zero-order valence-electron chi connectivity index (χ0n) is 17.0. The van der Waals surface area contributed by atoms with Crippen LogP contribution in [0.25, 0.3) is 0 Å². The summed E-state index contributed by atoms with van der Waals surface area (Å²) in [7, 11) is -17.8. The molecule has 2 saturated heterocycles. The molecule has 17 nitrogen and oxygen atoms in total. The molecule has 2 fully saturated rings. The maximum absolute atomic E-state index is 11.8. The summed E-state index contributed by atoms with van der Waals surface area (Å²) >= 11 is 0. The minimum Gasteiger partial charge on any atom is -0.756 e. The van der Waals surface area contributed by atoms with Crippen LogP contribution in [0.5, 0.6) is 0 Å². The molecule has 0 aromatic rings. The van der Waals surface area contributed by atoms with Gasteiger partial charge in [0.25, 0.3) is 23.5 Å². The second-order valence-electron chi connectivity index (χ2n) is 5.67. The first-order valence-corrected chi connectivity index (χ1v) is 11.9. The van der Waals surface area contributed by atoms with Gasteiger partial charge in [-0.2, -0.15) is 0 Å². The van der Waals surface area contributed by atoms with E-state index in [0.29, 0.717) is 0 Å². The van der Waals surface area contributed by atoms with Crippen molar-refractivity contribution in [1.29, 1.82) is 0 Å². The number of amides is 3. The third-order valence-corrected chi connectivity index (χ3v) is 7.22. The first-order valence-electron chi connectivity index (χ1n) is 7.45. The Kier molecular flexibility index (Phi) is 16.2. The molecule has 2 aliphatic rings.